The van der Waals surface area contributed by atoms with Crippen LogP contribution in [0.3, 0.4) is 0 Å². The zero-order valence-corrected chi connectivity index (χ0v) is 12.9. The van der Waals surface area contributed by atoms with Gasteiger partial charge in [0.2, 0.25) is 0 Å². The van der Waals surface area contributed by atoms with Crippen molar-refractivity contribution in [2.45, 2.75) is 19.5 Å². The van der Waals surface area contributed by atoms with E-state index >= 15 is 0 Å². The molecule has 21 heavy (non-hydrogen) atoms. The van der Waals surface area contributed by atoms with Crippen LogP contribution >= 0.6 is 11.6 Å². The number of benzene rings is 2. The van der Waals surface area contributed by atoms with Gasteiger partial charge in [0.25, 0.3) is 0 Å². The minimum absolute atomic E-state index is 0.0712. The Morgan fingerprint density at radius 2 is 1.90 bits per heavy atom. The van der Waals surface area contributed by atoms with Crippen LogP contribution in [0, 0.1) is 5.82 Å². The van der Waals surface area contributed by atoms with Crippen LogP contribution in [0.4, 0.5) is 4.39 Å². The van der Waals surface area contributed by atoms with E-state index in [0.717, 1.165) is 18.7 Å². The summed E-state index contributed by atoms with van der Waals surface area (Å²) in [6, 6.07) is 14.8. The summed E-state index contributed by atoms with van der Waals surface area (Å²) < 4.78 is 13.2. The number of hydrogen-bond acceptors (Lipinski definition) is 2. The van der Waals surface area contributed by atoms with Crippen molar-refractivity contribution < 1.29 is 4.39 Å². The van der Waals surface area contributed by atoms with Crippen LogP contribution in [0.25, 0.3) is 0 Å². The molecule has 2 aromatic carbocycles. The van der Waals surface area contributed by atoms with E-state index in [2.05, 4.69) is 24.0 Å². The van der Waals surface area contributed by atoms with Crippen LogP contribution in [0.2, 0.25) is 5.02 Å². The van der Waals surface area contributed by atoms with Gasteiger partial charge in [-0.15, -0.1) is 0 Å². The minimum atomic E-state index is -0.315. The van der Waals surface area contributed by atoms with Crippen molar-refractivity contribution in [1.82, 2.24) is 4.90 Å². The molecule has 0 spiro atoms. The zero-order chi connectivity index (χ0) is 15.2. The van der Waals surface area contributed by atoms with E-state index in [-0.39, 0.29) is 11.9 Å². The van der Waals surface area contributed by atoms with E-state index in [1.54, 1.807) is 6.07 Å². The highest BCUT2D eigenvalue weighted by molar-refractivity contribution is 6.31. The maximum atomic E-state index is 13.2. The molecule has 2 nitrogen and oxygen atoms in total. The number of hydrogen-bond donors (Lipinski definition) is 1. The molecule has 0 saturated heterocycles. The fraction of sp³-hybridized carbons (Fsp3) is 0.294. The Morgan fingerprint density at radius 3 is 2.52 bits per heavy atom. The molecule has 1 atom stereocenters. The van der Waals surface area contributed by atoms with Crippen LogP contribution in [0.15, 0.2) is 48.5 Å². The summed E-state index contributed by atoms with van der Waals surface area (Å²) in [6.45, 7) is 4.17. The van der Waals surface area contributed by atoms with Gasteiger partial charge < -0.3 is 5.73 Å². The minimum Gasteiger partial charge on any atom is -0.329 e. The SMILES string of the molecule is CC(c1ccc(F)cc1Cl)N(CCN)Cc1ccccc1. The number of rotatable bonds is 6. The summed E-state index contributed by atoms with van der Waals surface area (Å²) in [4.78, 5) is 2.24. The molecule has 0 radical (unpaired) electrons. The highest BCUT2D eigenvalue weighted by Crippen LogP contribution is 2.28. The highest BCUT2D eigenvalue weighted by atomic mass is 35.5. The summed E-state index contributed by atoms with van der Waals surface area (Å²) in [7, 11) is 0. The average molecular weight is 307 g/mol. The lowest BCUT2D eigenvalue weighted by molar-refractivity contribution is 0.207. The molecule has 0 heterocycles. The largest absolute Gasteiger partial charge is 0.329 e. The molecule has 0 aliphatic heterocycles. The summed E-state index contributed by atoms with van der Waals surface area (Å²) in [5.74, 6) is -0.315. The quantitative estimate of drug-likeness (QED) is 0.874. The van der Waals surface area contributed by atoms with Crippen molar-refractivity contribution in [1.29, 1.82) is 0 Å². The van der Waals surface area contributed by atoms with Gasteiger partial charge in [-0.05, 0) is 30.2 Å². The second-order valence-electron chi connectivity index (χ2n) is 5.09. The molecule has 4 heteroatoms. The Kier molecular flexibility index (Phi) is 5.74. The number of nitrogens with two attached hydrogens (primary N) is 1. The molecule has 2 N–H and O–H groups in total. The van der Waals surface area contributed by atoms with Crippen molar-refractivity contribution >= 4 is 11.6 Å². The zero-order valence-electron chi connectivity index (χ0n) is 12.1. The monoisotopic (exact) mass is 306 g/mol. The van der Waals surface area contributed by atoms with E-state index in [1.807, 2.05) is 18.2 Å². The Labute approximate surface area is 130 Å². The lowest BCUT2D eigenvalue weighted by atomic mass is 10.1. The Hall–Kier alpha value is -1.42. The second kappa shape index (κ2) is 7.55. The summed E-state index contributed by atoms with van der Waals surface area (Å²) in [6.07, 6.45) is 0. The first kappa shape index (κ1) is 16.0. The second-order valence-corrected chi connectivity index (χ2v) is 5.49. The standard InChI is InChI=1S/C17H20ClFN2/c1-13(16-8-7-15(19)11-17(16)18)21(10-9-20)12-14-5-3-2-4-6-14/h2-8,11,13H,9-10,12,20H2,1H3. The van der Waals surface area contributed by atoms with Crippen molar-refractivity contribution in [3.63, 3.8) is 0 Å². The maximum Gasteiger partial charge on any atom is 0.124 e. The fourth-order valence-corrected chi connectivity index (χ4v) is 2.76. The van der Waals surface area contributed by atoms with Crippen LogP contribution in [0.5, 0.6) is 0 Å². The van der Waals surface area contributed by atoms with E-state index < -0.39 is 0 Å². The average Bonchev–Trinajstić information content (AvgIpc) is 2.47. The van der Waals surface area contributed by atoms with Crippen LogP contribution in [-0.2, 0) is 6.54 Å². The Bertz CT molecular complexity index is 574. The number of halogens is 2. The van der Waals surface area contributed by atoms with Crippen LogP contribution < -0.4 is 5.73 Å². The normalized spacial score (nSPS) is 12.6. The van der Waals surface area contributed by atoms with E-state index in [4.69, 9.17) is 17.3 Å². The molecular formula is C17H20ClFN2. The van der Waals surface area contributed by atoms with Crippen LogP contribution in [-0.4, -0.2) is 18.0 Å². The molecule has 0 aliphatic carbocycles. The van der Waals surface area contributed by atoms with Gasteiger partial charge in [-0.25, -0.2) is 4.39 Å². The molecule has 0 amide bonds. The number of nitrogens with zero attached hydrogens (tertiary/aromatic N) is 1. The van der Waals surface area contributed by atoms with Crippen molar-refractivity contribution in [2.75, 3.05) is 13.1 Å². The fourth-order valence-electron chi connectivity index (χ4n) is 2.43. The third-order valence-corrected chi connectivity index (χ3v) is 3.93. The van der Waals surface area contributed by atoms with Gasteiger partial charge in [0.05, 0.1) is 0 Å². The van der Waals surface area contributed by atoms with E-state index in [0.29, 0.717) is 11.6 Å². The van der Waals surface area contributed by atoms with Crippen molar-refractivity contribution in [2.24, 2.45) is 5.73 Å². The van der Waals surface area contributed by atoms with E-state index in [9.17, 15) is 4.39 Å². The van der Waals surface area contributed by atoms with Gasteiger partial charge in [0, 0.05) is 30.7 Å². The molecule has 0 aromatic heterocycles. The summed E-state index contributed by atoms with van der Waals surface area (Å²) >= 11 is 6.17. The molecule has 0 saturated carbocycles. The first-order valence-corrected chi connectivity index (χ1v) is 7.42. The maximum absolute atomic E-state index is 13.2. The first-order chi connectivity index (χ1) is 10.1. The van der Waals surface area contributed by atoms with Gasteiger partial charge in [0.1, 0.15) is 5.82 Å². The third kappa shape index (κ3) is 4.27. The molecule has 0 bridgehead atoms. The van der Waals surface area contributed by atoms with Crippen molar-refractivity contribution in [3.05, 3.63) is 70.5 Å². The summed E-state index contributed by atoms with van der Waals surface area (Å²) in [5, 5.41) is 0.456. The topological polar surface area (TPSA) is 29.3 Å². The molecule has 2 rings (SSSR count). The van der Waals surface area contributed by atoms with Gasteiger partial charge in [-0.1, -0.05) is 48.0 Å². The van der Waals surface area contributed by atoms with Gasteiger partial charge in [0.15, 0.2) is 0 Å². The predicted octanol–water partition coefficient (Wildman–Crippen LogP) is 4.00. The first-order valence-electron chi connectivity index (χ1n) is 7.05. The van der Waals surface area contributed by atoms with Gasteiger partial charge >= 0.3 is 0 Å². The summed E-state index contributed by atoms with van der Waals surface area (Å²) in [5.41, 5.74) is 7.86. The molecule has 0 aliphatic rings. The van der Waals surface area contributed by atoms with Crippen LogP contribution in [0.1, 0.15) is 24.1 Å². The smallest absolute Gasteiger partial charge is 0.124 e. The molecule has 112 valence electrons. The Balaban J connectivity index is 2.20. The lowest BCUT2D eigenvalue weighted by Gasteiger charge is -2.29. The molecular weight excluding hydrogens is 287 g/mol. The molecule has 1 unspecified atom stereocenters. The Morgan fingerprint density at radius 1 is 1.19 bits per heavy atom. The molecule has 2 aromatic rings. The third-order valence-electron chi connectivity index (χ3n) is 3.61. The van der Waals surface area contributed by atoms with Gasteiger partial charge in [-0.2, -0.15) is 0 Å². The van der Waals surface area contributed by atoms with E-state index in [1.165, 1.54) is 17.7 Å². The lowest BCUT2D eigenvalue weighted by Crippen LogP contribution is -2.31. The molecule has 0 fully saturated rings. The van der Waals surface area contributed by atoms with Gasteiger partial charge in [-0.3, -0.25) is 4.90 Å². The van der Waals surface area contributed by atoms with Crippen molar-refractivity contribution in [3.8, 4) is 0 Å². The highest BCUT2D eigenvalue weighted by Gasteiger charge is 2.18. The predicted molar refractivity (Wildman–Crippen MR) is 85.7 cm³/mol.